The van der Waals surface area contributed by atoms with Crippen LogP contribution in [-0.2, 0) is 4.74 Å². The molecule has 2 heterocycles. The lowest BCUT2D eigenvalue weighted by Crippen LogP contribution is -2.42. The molecule has 0 N–H and O–H groups in total. The highest BCUT2D eigenvalue weighted by molar-refractivity contribution is 8.00. The standard InChI is InChI=1S/C16H21N3O2S/c1-16(2,3)21-15(20)19-8-6-13(7-9-19)22-14-5-4-12(10-17)18-11-14/h4-5,11,13H,6-9H2,1-3H3. The van der Waals surface area contributed by atoms with Crippen molar-refractivity contribution in [2.75, 3.05) is 13.1 Å². The molecule has 5 nitrogen and oxygen atoms in total. The Balaban J connectivity index is 1.82. The van der Waals surface area contributed by atoms with Crippen molar-refractivity contribution in [3.63, 3.8) is 0 Å². The van der Waals surface area contributed by atoms with Gasteiger partial charge in [0.15, 0.2) is 0 Å². The molecule has 1 aliphatic rings. The van der Waals surface area contributed by atoms with Crippen LogP contribution in [0.5, 0.6) is 0 Å². The second-order valence-corrected chi connectivity index (χ2v) is 7.65. The first-order valence-corrected chi connectivity index (χ1v) is 8.26. The number of nitriles is 1. The quantitative estimate of drug-likeness (QED) is 0.835. The van der Waals surface area contributed by atoms with Crippen molar-refractivity contribution in [1.29, 1.82) is 5.26 Å². The molecule has 0 spiro atoms. The third kappa shape index (κ3) is 4.92. The van der Waals surface area contributed by atoms with Crippen LogP contribution in [-0.4, -0.2) is 39.9 Å². The zero-order chi connectivity index (χ0) is 16.2. The number of ether oxygens (including phenoxy) is 1. The predicted octanol–water partition coefficient (Wildman–Crippen LogP) is 3.44. The number of likely N-dealkylation sites (tertiary alicyclic amines) is 1. The smallest absolute Gasteiger partial charge is 0.410 e. The molecule has 6 heteroatoms. The molecule has 0 radical (unpaired) electrons. The molecule has 22 heavy (non-hydrogen) atoms. The van der Waals surface area contributed by atoms with Crippen LogP contribution in [0.1, 0.15) is 39.3 Å². The van der Waals surface area contributed by atoms with Gasteiger partial charge in [0.2, 0.25) is 0 Å². The monoisotopic (exact) mass is 319 g/mol. The van der Waals surface area contributed by atoms with Crippen LogP contribution in [0.3, 0.4) is 0 Å². The van der Waals surface area contributed by atoms with Crippen molar-refractivity contribution in [3.05, 3.63) is 24.0 Å². The Labute approximate surface area is 135 Å². The summed E-state index contributed by atoms with van der Waals surface area (Å²) in [6, 6.07) is 5.68. The Morgan fingerprint density at radius 2 is 2.09 bits per heavy atom. The molecule has 0 aromatic carbocycles. The van der Waals surface area contributed by atoms with Crippen molar-refractivity contribution < 1.29 is 9.53 Å². The Kier molecular flexibility index (Phi) is 5.30. The molecule has 0 bridgehead atoms. The summed E-state index contributed by atoms with van der Waals surface area (Å²) >= 11 is 1.76. The average Bonchev–Trinajstić information content (AvgIpc) is 2.47. The number of hydrogen-bond donors (Lipinski definition) is 0. The van der Waals surface area contributed by atoms with Crippen LogP contribution >= 0.6 is 11.8 Å². The van der Waals surface area contributed by atoms with Gasteiger partial charge in [-0.05, 0) is 45.7 Å². The zero-order valence-electron chi connectivity index (χ0n) is 13.2. The van der Waals surface area contributed by atoms with Crippen LogP contribution in [0.15, 0.2) is 23.2 Å². The van der Waals surface area contributed by atoms with Crippen LogP contribution in [0.25, 0.3) is 0 Å². The summed E-state index contributed by atoms with van der Waals surface area (Å²) in [5, 5.41) is 9.21. The fraction of sp³-hybridized carbons (Fsp3) is 0.562. The van der Waals surface area contributed by atoms with Gasteiger partial charge in [0.05, 0.1) is 0 Å². The Hall–Kier alpha value is -1.74. The molecular weight excluding hydrogens is 298 g/mol. The van der Waals surface area contributed by atoms with E-state index in [2.05, 4.69) is 4.98 Å². The van der Waals surface area contributed by atoms with E-state index >= 15 is 0 Å². The molecule has 1 aromatic heterocycles. The lowest BCUT2D eigenvalue weighted by molar-refractivity contribution is 0.0219. The van der Waals surface area contributed by atoms with E-state index in [0.29, 0.717) is 10.9 Å². The number of thioether (sulfide) groups is 1. The first-order valence-electron chi connectivity index (χ1n) is 7.38. The van der Waals surface area contributed by atoms with E-state index in [4.69, 9.17) is 10.00 Å². The second-order valence-electron chi connectivity index (χ2n) is 6.28. The van der Waals surface area contributed by atoms with Gasteiger partial charge in [0.1, 0.15) is 17.4 Å². The van der Waals surface area contributed by atoms with Crippen molar-refractivity contribution in [1.82, 2.24) is 9.88 Å². The van der Waals surface area contributed by atoms with Crippen LogP contribution < -0.4 is 0 Å². The fourth-order valence-electron chi connectivity index (χ4n) is 2.19. The van der Waals surface area contributed by atoms with Gasteiger partial charge in [0, 0.05) is 29.4 Å². The summed E-state index contributed by atoms with van der Waals surface area (Å²) in [5.41, 5.74) is -0.0132. The van der Waals surface area contributed by atoms with E-state index in [1.54, 1.807) is 28.9 Å². The molecule has 1 aliphatic heterocycles. The summed E-state index contributed by atoms with van der Waals surface area (Å²) in [6.45, 7) is 7.08. The molecule has 2 rings (SSSR count). The SMILES string of the molecule is CC(C)(C)OC(=O)N1CCC(Sc2ccc(C#N)nc2)CC1. The van der Waals surface area contributed by atoms with E-state index in [1.807, 2.05) is 32.9 Å². The van der Waals surface area contributed by atoms with E-state index in [0.717, 1.165) is 30.8 Å². The first kappa shape index (κ1) is 16.6. The van der Waals surface area contributed by atoms with Gasteiger partial charge in [0.25, 0.3) is 0 Å². The maximum Gasteiger partial charge on any atom is 0.410 e. The first-order chi connectivity index (χ1) is 10.4. The third-order valence-electron chi connectivity index (χ3n) is 3.25. The van der Waals surface area contributed by atoms with E-state index < -0.39 is 5.60 Å². The van der Waals surface area contributed by atoms with Crippen molar-refractivity contribution in [2.24, 2.45) is 0 Å². The molecule has 0 atom stereocenters. The van der Waals surface area contributed by atoms with Crippen molar-refractivity contribution in [2.45, 2.75) is 49.4 Å². The third-order valence-corrected chi connectivity index (χ3v) is 4.57. The van der Waals surface area contributed by atoms with Crippen molar-refractivity contribution >= 4 is 17.9 Å². The number of aromatic nitrogens is 1. The minimum absolute atomic E-state index is 0.226. The van der Waals surface area contributed by atoms with Crippen LogP contribution in [0.4, 0.5) is 4.79 Å². The summed E-state index contributed by atoms with van der Waals surface area (Å²) in [6.07, 6.45) is 3.38. The lowest BCUT2D eigenvalue weighted by atomic mass is 10.1. The van der Waals surface area contributed by atoms with Crippen LogP contribution in [0, 0.1) is 11.3 Å². The number of hydrogen-bond acceptors (Lipinski definition) is 5. The molecule has 0 saturated carbocycles. The van der Waals surface area contributed by atoms with Crippen molar-refractivity contribution in [3.8, 4) is 6.07 Å². The van der Waals surface area contributed by atoms with Gasteiger partial charge in [-0.25, -0.2) is 9.78 Å². The fourth-order valence-corrected chi connectivity index (χ4v) is 3.28. The summed E-state index contributed by atoms with van der Waals surface area (Å²) < 4.78 is 5.40. The topological polar surface area (TPSA) is 66.2 Å². The van der Waals surface area contributed by atoms with Gasteiger partial charge >= 0.3 is 6.09 Å². The number of pyridine rings is 1. The van der Waals surface area contributed by atoms with Gasteiger partial charge in [-0.15, -0.1) is 11.8 Å². The zero-order valence-corrected chi connectivity index (χ0v) is 14.0. The molecule has 0 unspecified atom stereocenters. The number of amides is 1. The van der Waals surface area contributed by atoms with Gasteiger partial charge in [-0.3, -0.25) is 0 Å². The summed E-state index contributed by atoms with van der Waals surface area (Å²) in [4.78, 5) is 18.9. The number of rotatable bonds is 2. The molecule has 1 fully saturated rings. The normalized spacial score (nSPS) is 16.2. The number of piperidine rings is 1. The lowest BCUT2D eigenvalue weighted by Gasteiger charge is -2.33. The molecule has 1 aromatic rings. The molecule has 1 saturated heterocycles. The Bertz CT molecular complexity index is 552. The number of nitrogens with zero attached hydrogens (tertiary/aromatic N) is 3. The van der Waals surface area contributed by atoms with Gasteiger partial charge in [-0.2, -0.15) is 5.26 Å². The average molecular weight is 319 g/mol. The predicted molar refractivity (Wildman–Crippen MR) is 85.6 cm³/mol. The maximum atomic E-state index is 12.0. The molecule has 118 valence electrons. The minimum atomic E-state index is -0.448. The van der Waals surface area contributed by atoms with E-state index in [1.165, 1.54) is 0 Å². The highest BCUT2D eigenvalue weighted by Crippen LogP contribution is 2.30. The molecular formula is C16H21N3O2S. The van der Waals surface area contributed by atoms with E-state index in [9.17, 15) is 4.79 Å². The number of carbonyl (C=O) groups excluding carboxylic acids is 1. The Morgan fingerprint density at radius 3 is 2.59 bits per heavy atom. The summed E-state index contributed by atoms with van der Waals surface area (Å²) in [5.74, 6) is 0. The molecule has 1 amide bonds. The highest BCUT2D eigenvalue weighted by atomic mass is 32.2. The highest BCUT2D eigenvalue weighted by Gasteiger charge is 2.27. The second kappa shape index (κ2) is 7.01. The van der Waals surface area contributed by atoms with E-state index in [-0.39, 0.29) is 6.09 Å². The Morgan fingerprint density at radius 1 is 1.41 bits per heavy atom. The van der Waals surface area contributed by atoms with Gasteiger partial charge in [-0.1, -0.05) is 0 Å². The minimum Gasteiger partial charge on any atom is -0.444 e. The maximum absolute atomic E-state index is 12.0. The molecule has 0 aliphatic carbocycles. The largest absolute Gasteiger partial charge is 0.444 e. The number of carbonyl (C=O) groups is 1. The summed E-state index contributed by atoms with van der Waals surface area (Å²) in [7, 11) is 0. The van der Waals surface area contributed by atoms with Crippen LogP contribution in [0.2, 0.25) is 0 Å². The van der Waals surface area contributed by atoms with Gasteiger partial charge < -0.3 is 9.64 Å².